The average molecular weight is 330 g/mol. The fourth-order valence-corrected chi connectivity index (χ4v) is 2.63. The van der Waals surface area contributed by atoms with Gasteiger partial charge in [0.25, 0.3) is 0 Å². The number of fused-ring (bicyclic) bond motifs is 2. The van der Waals surface area contributed by atoms with Gasteiger partial charge in [-0.2, -0.15) is 0 Å². The highest BCUT2D eigenvalue weighted by Gasteiger charge is 2.24. The minimum atomic E-state index is 0.0500. The highest BCUT2D eigenvalue weighted by Crippen LogP contribution is 2.46. The van der Waals surface area contributed by atoms with Gasteiger partial charge in [0, 0.05) is 18.0 Å². The van der Waals surface area contributed by atoms with Gasteiger partial charge in [-0.25, -0.2) is 0 Å². The van der Waals surface area contributed by atoms with E-state index < -0.39 is 0 Å². The largest absolute Gasteiger partial charge is 0.453 e. The second-order valence-corrected chi connectivity index (χ2v) is 5.38. The van der Waals surface area contributed by atoms with Crippen molar-refractivity contribution in [2.24, 2.45) is 0 Å². The summed E-state index contributed by atoms with van der Waals surface area (Å²) in [4.78, 5) is 13.8. The van der Waals surface area contributed by atoms with Crippen molar-refractivity contribution in [3.8, 4) is 11.5 Å². The zero-order chi connectivity index (χ0) is 16.8. The number of alkyl halides is 1. The van der Waals surface area contributed by atoms with Gasteiger partial charge in [0.2, 0.25) is 0 Å². The molecule has 0 aromatic heterocycles. The van der Waals surface area contributed by atoms with Crippen molar-refractivity contribution in [3.63, 3.8) is 0 Å². The van der Waals surface area contributed by atoms with E-state index in [1.165, 1.54) is 0 Å². The van der Waals surface area contributed by atoms with Crippen LogP contribution in [0.5, 0.6) is 11.5 Å². The molecule has 0 N–H and O–H groups in total. The third-order valence-corrected chi connectivity index (χ3v) is 3.81. The van der Waals surface area contributed by atoms with E-state index in [4.69, 9.17) is 16.3 Å². The van der Waals surface area contributed by atoms with Gasteiger partial charge in [-0.15, -0.1) is 24.8 Å². The summed E-state index contributed by atoms with van der Waals surface area (Å²) in [5, 5.41) is 0. The molecule has 0 bridgehead atoms. The summed E-state index contributed by atoms with van der Waals surface area (Å²) in [6.07, 6.45) is 0.861. The normalized spacial score (nSPS) is 11.5. The quantitative estimate of drug-likeness (QED) is 0.417. The van der Waals surface area contributed by atoms with Crippen LogP contribution >= 0.6 is 11.6 Å². The topological polar surface area (TPSA) is 29.5 Å². The lowest BCUT2D eigenvalue weighted by Gasteiger charge is -2.33. The number of hydrogen-bond donors (Lipinski definition) is 0. The van der Waals surface area contributed by atoms with Gasteiger partial charge in [0.05, 0.1) is 11.4 Å². The summed E-state index contributed by atoms with van der Waals surface area (Å²) < 4.78 is 5.94. The number of para-hydroxylation sites is 2. The summed E-state index contributed by atoms with van der Waals surface area (Å²) in [6.45, 7) is 8.36. The lowest BCUT2D eigenvalue weighted by molar-refractivity contribution is 0.101. The Labute approximate surface area is 142 Å². The summed E-state index contributed by atoms with van der Waals surface area (Å²) in [6, 6.07) is 13.5. The Kier molecular flexibility index (Phi) is 5.83. The molecule has 0 saturated heterocycles. The van der Waals surface area contributed by atoms with Gasteiger partial charge in [-0.05, 0) is 43.7 Å². The van der Waals surface area contributed by atoms with E-state index in [-0.39, 0.29) is 5.78 Å². The fraction of sp³-hybridized carbons (Fsp3) is 0.211. The minimum absolute atomic E-state index is 0.0500. The molecule has 0 atom stereocenters. The predicted molar refractivity (Wildman–Crippen MR) is 96.6 cm³/mol. The molecule has 3 rings (SSSR count). The summed E-state index contributed by atoms with van der Waals surface area (Å²) in [5.74, 6) is 2.25. The number of nitrogens with zero attached hydrogens (tertiary/aromatic N) is 1. The monoisotopic (exact) mass is 329 g/mol. The van der Waals surface area contributed by atoms with Crippen LogP contribution in [-0.4, -0.2) is 18.2 Å². The second-order valence-electron chi connectivity index (χ2n) is 5.00. The third-order valence-electron chi connectivity index (χ3n) is 3.55. The number of carbonyl (C=O) groups excluding carboxylic acids is 1. The number of hydrogen-bond acceptors (Lipinski definition) is 3. The van der Waals surface area contributed by atoms with Crippen LogP contribution < -0.4 is 9.64 Å². The van der Waals surface area contributed by atoms with E-state index in [1.807, 2.05) is 36.4 Å². The van der Waals surface area contributed by atoms with Crippen LogP contribution in [0.25, 0.3) is 0 Å². The van der Waals surface area contributed by atoms with Crippen LogP contribution in [0.15, 0.2) is 55.6 Å². The molecule has 0 fully saturated rings. The van der Waals surface area contributed by atoms with E-state index in [0.717, 1.165) is 35.8 Å². The molecule has 0 aliphatic carbocycles. The second kappa shape index (κ2) is 7.84. The summed E-state index contributed by atoms with van der Waals surface area (Å²) >= 11 is 5.84. The molecule has 0 radical (unpaired) electrons. The molecule has 23 heavy (non-hydrogen) atoms. The first-order valence-corrected chi connectivity index (χ1v) is 7.99. The van der Waals surface area contributed by atoms with Crippen molar-refractivity contribution >= 4 is 28.8 Å². The van der Waals surface area contributed by atoms with E-state index in [1.54, 1.807) is 13.0 Å². The van der Waals surface area contributed by atoms with Gasteiger partial charge in [-0.3, -0.25) is 4.79 Å². The van der Waals surface area contributed by atoms with Crippen LogP contribution in [0, 0.1) is 0 Å². The molecular formula is C19H20ClNO2. The Bertz CT molecular complexity index is 700. The van der Waals surface area contributed by atoms with Gasteiger partial charge in [-0.1, -0.05) is 12.1 Å². The fourth-order valence-electron chi connectivity index (χ4n) is 2.51. The number of ketones is 1. The first-order valence-electron chi connectivity index (χ1n) is 7.46. The van der Waals surface area contributed by atoms with E-state index in [2.05, 4.69) is 18.1 Å². The number of rotatable bonds is 4. The van der Waals surface area contributed by atoms with Crippen LogP contribution in [0.2, 0.25) is 0 Å². The van der Waals surface area contributed by atoms with E-state index >= 15 is 0 Å². The van der Waals surface area contributed by atoms with Crippen molar-refractivity contribution in [2.45, 2.75) is 13.3 Å². The molecule has 4 heteroatoms. The highest BCUT2D eigenvalue weighted by atomic mass is 35.5. The Balaban J connectivity index is 0.000000924. The SMILES string of the molecule is C=C.CC(=O)c1ccc2c(c1)N(CCCCl)c1ccccc1O2. The molecule has 1 heterocycles. The molecule has 2 aromatic rings. The minimum Gasteiger partial charge on any atom is -0.453 e. The maximum atomic E-state index is 11.6. The number of carbonyl (C=O) groups is 1. The van der Waals surface area contributed by atoms with Crippen molar-refractivity contribution in [2.75, 3.05) is 17.3 Å². The maximum Gasteiger partial charge on any atom is 0.159 e. The van der Waals surface area contributed by atoms with Crippen molar-refractivity contribution in [3.05, 3.63) is 61.2 Å². The Hall–Kier alpha value is -2.26. The molecule has 0 unspecified atom stereocenters. The number of halogens is 1. The van der Waals surface area contributed by atoms with Crippen molar-refractivity contribution < 1.29 is 9.53 Å². The molecule has 1 aliphatic heterocycles. The number of anilines is 2. The lowest BCUT2D eigenvalue weighted by Crippen LogP contribution is -2.23. The van der Waals surface area contributed by atoms with Crippen molar-refractivity contribution in [1.82, 2.24) is 0 Å². The predicted octanol–water partition coefficient (Wildman–Crippen LogP) is 5.56. The average Bonchev–Trinajstić information content (AvgIpc) is 2.60. The molecule has 0 saturated carbocycles. The molecular weight excluding hydrogens is 310 g/mol. The van der Waals surface area contributed by atoms with Crippen molar-refractivity contribution in [1.29, 1.82) is 0 Å². The molecule has 120 valence electrons. The summed E-state index contributed by atoms with van der Waals surface area (Å²) in [5.41, 5.74) is 2.62. The lowest BCUT2D eigenvalue weighted by atomic mass is 10.1. The number of ether oxygens (including phenoxy) is 1. The van der Waals surface area contributed by atoms with E-state index in [9.17, 15) is 4.79 Å². The van der Waals surface area contributed by atoms with Gasteiger partial charge in [0.15, 0.2) is 17.3 Å². The zero-order valence-corrected chi connectivity index (χ0v) is 14.0. The van der Waals surface area contributed by atoms with Gasteiger partial charge >= 0.3 is 0 Å². The third kappa shape index (κ3) is 3.57. The molecule has 0 spiro atoms. The van der Waals surface area contributed by atoms with Gasteiger partial charge < -0.3 is 9.64 Å². The highest BCUT2D eigenvalue weighted by molar-refractivity contribution is 6.17. The van der Waals surface area contributed by atoms with E-state index in [0.29, 0.717) is 11.4 Å². The summed E-state index contributed by atoms with van der Waals surface area (Å²) in [7, 11) is 0. The smallest absolute Gasteiger partial charge is 0.159 e. The van der Waals surface area contributed by atoms with Crippen LogP contribution in [0.1, 0.15) is 23.7 Å². The molecule has 2 aromatic carbocycles. The van der Waals surface area contributed by atoms with Crippen LogP contribution in [-0.2, 0) is 0 Å². The number of Topliss-reactive ketones (excluding diaryl/α,β-unsaturated/α-hetero) is 1. The Morgan fingerprint density at radius 2 is 1.83 bits per heavy atom. The number of benzene rings is 2. The zero-order valence-electron chi connectivity index (χ0n) is 13.2. The first kappa shape index (κ1) is 17.1. The van der Waals surface area contributed by atoms with Crippen LogP contribution in [0.3, 0.4) is 0 Å². The molecule has 3 nitrogen and oxygen atoms in total. The maximum absolute atomic E-state index is 11.6. The Morgan fingerprint density at radius 1 is 1.13 bits per heavy atom. The standard InChI is InChI=1S/C17H16ClNO2.C2H4/c1-12(20)13-7-8-17-15(11-13)19(10-4-9-18)14-5-2-3-6-16(14)21-17;1-2/h2-3,5-8,11H,4,9-10H2,1H3;1-2H2. The Morgan fingerprint density at radius 3 is 2.52 bits per heavy atom. The van der Waals surface area contributed by atoms with Gasteiger partial charge in [0.1, 0.15) is 0 Å². The molecule has 0 amide bonds. The molecule has 1 aliphatic rings. The van der Waals surface area contributed by atoms with Crippen LogP contribution in [0.4, 0.5) is 11.4 Å². The first-order chi connectivity index (χ1) is 11.2.